The van der Waals surface area contributed by atoms with Crippen molar-refractivity contribution in [2.75, 3.05) is 0 Å². The Kier molecular flexibility index (Phi) is 2.61. The minimum absolute atomic E-state index is 0.609. The Bertz CT molecular complexity index is 453. The summed E-state index contributed by atoms with van der Waals surface area (Å²) >= 11 is 7.49. The fraction of sp³-hybridized carbons (Fsp3) is 0. The van der Waals surface area contributed by atoms with Gasteiger partial charge in [-0.15, -0.1) is 11.3 Å². The fourth-order valence-corrected chi connectivity index (χ4v) is 1.92. The standard InChI is InChI=1S/C10H6ClNOS/c11-9-2-1-7(4-13)3-8(9)10-5-14-6-12-10/h1-6H. The van der Waals surface area contributed by atoms with Crippen LogP contribution in [0.2, 0.25) is 5.02 Å². The molecule has 14 heavy (non-hydrogen) atoms. The Morgan fingerprint density at radius 1 is 1.43 bits per heavy atom. The second-order valence-corrected chi connectivity index (χ2v) is 3.86. The molecular formula is C10H6ClNOS. The first-order valence-electron chi connectivity index (χ1n) is 3.94. The lowest BCUT2D eigenvalue weighted by atomic mass is 10.1. The lowest BCUT2D eigenvalue weighted by Gasteiger charge is -2.00. The van der Waals surface area contributed by atoms with E-state index in [1.807, 2.05) is 5.38 Å². The summed E-state index contributed by atoms with van der Waals surface area (Å²) in [6, 6.07) is 5.13. The fourth-order valence-electron chi connectivity index (χ4n) is 1.16. The summed E-state index contributed by atoms with van der Waals surface area (Å²) in [4.78, 5) is 14.7. The average Bonchev–Trinajstić information content (AvgIpc) is 2.71. The van der Waals surface area contributed by atoms with Crippen molar-refractivity contribution in [2.45, 2.75) is 0 Å². The molecule has 0 unspecified atom stereocenters. The van der Waals surface area contributed by atoms with E-state index in [-0.39, 0.29) is 0 Å². The van der Waals surface area contributed by atoms with Crippen molar-refractivity contribution in [1.82, 2.24) is 4.98 Å². The number of hydrogen-bond acceptors (Lipinski definition) is 3. The monoisotopic (exact) mass is 223 g/mol. The van der Waals surface area contributed by atoms with Gasteiger partial charge in [0, 0.05) is 16.5 Å². The highest BCUT2D eigenvalue weighted by atomic mass is 35.5. The van der Waals surface area contributed by atoms with Gasteiger partial charge in [-0.3, -0.25) is 4.79 Å². The predicted molar refractivity (Wildman–Crippen MR) is 57.9 cm³/mol. The number of rotatable bonds is 2. The summed E-state index contributed by atoms with van der Waals surface area (Å²) in [5, 5.41) is 2.51. The minimum Gasteiger partial charge on any atom is -0.298 e. The molecule has 0 aliphatic heterocycles. The number of aldehydes is 1. The van der Waals surface area contributed by atoms with Crippen molar-refractivity contribution >= 4 is 29.2 Å². The molecule has 0 N–H and O–H groups in total. The first-order valence-corrected chi connectivity index (χ1v) is 5.26. The summed E-state index contributed by atoms with van der Waals surface area (Å²) in [5.74, 6) is 0. The van der Waals surface area contributed by atoms with Gasteiger partial charge in [0.15, 0.2) is 0 Å². The summed E-state index contributed by atoms with van der Waals surface area (Å²) in [7, 11) is 0. The van der Waals surface area contributed by atoms with Gasteiger partial charge in [-0.05, 0) is 12.1 Å². The molecule has 0 fully saturated rings. The summed E-state index contributed by atoms with van der Waals surface area (Å²) in [6.45, 7) is 0. The van der Waals surface area contributed by atoms with E-state index in [9.17, 15) is 4.79 Å². The normalized spacial score (nSPS) is 10.1. The SMILES string of the molecule is O=Cc1ccc(Cl)c(-c2cscn2)c1. The quantitative estimate of drug-likeness (QED) is 0.732. The van der Waals surface area contributed by atoms with Gasteiger partial charge in [0.2, 0.25) is 0 Å². The highest BCUT2D eigenvalue weighted by molar-refractivity contribution is 7.07. The number of halogens is 1. The van der Waals surface area contributed by atoms with Crippen molar-refractivity contribution in [3.05, 3.63) is 39.7 Å². The van der Waals surface area contributed by atoms with Crippen molar-refractivity contribution in [2.24, 2.45) is 0 Å². The molecule has 70 valence electrons. The van der Waals surface area contributed by atoms with E-state index >= 15 is 0 Å². The van der Waals surface area contributed by atoms with E-state index in [1.54, 1.807) is 23.7 Å². The first-order chi connectivity index (χ1) is 6.81. The van der Waals surface area contributed by atoms with Gasteiger partial charge >= 0.3 is 0 Å². The number of thiazole rings is 1. The van der Waals surface area contributed by atoms with E-state index in [0.717, 1.165) is 17.5 Å². The van der Waals surface area contributed by atoms with Crippen LogP contribution >= 0.6 is 22.9 Å². The maximum absolute atomic E-state index is 10.6. The van der Waals surface area contributed by atoms with Crippen molar-refractivity contribution in [3.8, 4) is 11.3 Å². The predicted octanol–water partition coefficient (Wildman–Crippen LogP) is 3.28. The van der Waals surface area contributed by atoms with E-state index in [0.29, 0.717) is 10.6 Å². The molecule has 4 heteroatoms. The number of benzene rings is 1. The first kappa shape index (κ1) is 9.37. The number of hydrogen-bond donors (Lipinski definition) is 0. The topological polar surface area (TPSA) is 30.0 Å². The zero-order valence-corrected chi connectivity index (χ0v) is 8.68. The van der Waals surface area contributed by atoms with Gasteiger partial charge < -0.3 is 0 Å². The summed E-state index contributed by atoms with van der Waals surface area (Å²) < 4.78 is 0. The number of carbonyl (C=O) groups excluding carboxylic acids is 1. The highest BCUT2D eigenvalue weighted by Crippen LogP contribution is 2.27. The van der Waals surface area contributed by atoms with Gasteiger partial charge in [-0.1, -0.05) is 17.7 Å². The van der Waals surface area contributed by atoms with Gasteiger partial charge in [0.1, 0.15) is 6.29 Å². The molecule has 1 heterocycles. The van der Waals surface area contributed by atoms with Gasteiger partial charge in [0.05, 0.1) is 16.2 Å². The third-order valence-corrected chi connectivity index (χ3v) is 2.75. The summed E-state index contributed by atoms with van der Waals surface area (Å²) in [6.07, 6.45) is 0.798. The molecule has 1 aromatic carbocycles. The number of nitrogens with zero attached hydrogens (tertiary/aromatic N) is 1. The van der Waals surface area contributed by atoms with Crippen molar-refractivity contribution in [1.29, 1.82) is 0 Å². The third kappa shape index (κ3) is 1.69. The molecule has 0 atom stereocenters. The zero-order valence-electron chi connectivity index (χ0n) is 7.11. The van der Waals surface area contributed by atoms with Crippen LogP contribution in [0.4, 0.5) is 0 Å². The zero-order chi connectivity index (χ0) is 9.97. The lowest BCUT2D eigenvalue weighted by molar-refractivity contribution is 0.112. The van der Waals surface area contributed by atoms with Crippen LogP contribution in [0.1, 0.15) is 10.4 Å². The van der Waals surface area contributed by atoms with Crippen LogP contribution in [0.25, 0.3) is 11.3 Å². The molecular weight excluding hydrogens is 218 g/mol. The van der Waals surface area contributed by atoms with Gasteiger partial charge in [-0.2, -0.15) is 0 Å². The molecule has 0 bridgehead atoms. The Morgan fingerprint density at radius 2 is 2.29 bits per heavy atom. The molecule has 0 radical (unpaired) electrons. The van der Waals surface area contributed by atoms with Crippen LogP contribution in [0.15, 0.2) is 29.1 Å². The van der Waals surface area contributed by atoms with Crippen molar-refractivity contribution < 1.29 is 4.79 Å². The molecule has 0 spiro atoms. The largest absolute Gasteiger partial charge is 0.298 e. The van der Waals surface area contributed by atoms with E-state index in [1.165, 1.54) is 11.3 Å². The third-order valence-electron chi connectivity index (χ3n) is 1.83. The van der Waals surface area contributed by atoms with Gasteiger partial charge in [-0.25, -0.2) is 4.98 Å². The average molecular weight is 224 g/mol. The molecule has 0 amide bonds. The lowest BCUT2D eigenvalue weighted by Crippen LogP contribution is -1.84. The maximum Gasteiger partial charge on any atom is 0.150 e. The highest BCUT2D eigenvalue weighted by Gasteiger charge is 2.05. The smallest absolute Gasteiger partial charge is 0.150 e. The Hall–Kier alpha value is -1.19. The second kappa shape index (κ2) is 3.90. The van der Waals surface area contributed by atoms with Crippen LogP contribution in [0, 0.1) is 0 Å². The molecule has 2 rings (SSSR count). The number of carbonyl (C=O) groups is 1. The molecule has 2 aromatic rings. The molecule has 0 saturated carbocycles. The Balaban J connectivity index is 2.57. The number of aromatic nitrogens is 1. The Morgan fingerprint density at radius 3 is 2.93 bits per heavy atom. The van der Waals surface area contributed by atoms with Crippen LogP contribution in [0.3, 0.4) is 0 Å². The van der Waals surface area contributed by atoms with Gasteiger partial charge in [0.25, 0.3) is 0 Å². The Labute approximate surface area is 90.2 Å². The maximum atomic E-state index is 10.6. The second-order valence-electron chi connectivity index (χ2n) is 2.73. The van der Waals surface area contributed by atoms with Crippen LogP contribution in [0.5, 0.6) is 0 Å². The van der Waals surface area contributed by atoms with Crippen LogP contribution in [-0.2, 0) is 0 Å². The molecule has 0 aliphatic carbocycles. The molecule has 1 aromatic heterocycles. The van der Waals surface area contributed by atoms with Crippen LogP contribution < -0.4 is 0 Å². The minimum atomic E-state index is 0.609. The van der Waals surface area contributed by atoms with E-state index in [2.05, 4.69) is 4.98 Å². The molecule has 0 saturated heterocycles. The van der Waals surface area contributed by atoms with E-state index in [4.69, 9.17) is 11.6 Å². The molecule has 0 aliphatic rings. The summed E-state index contributed by atoms with van der Waals surface area (Å²) in [5.41, 5.74) is 3.96. The van der Waals surface area contributed by atoms with Crippen molar-refractivity contribution in [3.63, 3.8) is 0 Å². The van der Waals surface area contributed by atoms with Crippen LogP contribution in [-0.4, -0.2) is 11.3 Å². The van der Waals surface area contributed by atoms with E-state index < -0.39 is 0 Å². The molecule has 2 nitrogen and oxygen atoms in total.